The molecule has 0 spiro atoms. The summed E-state index contributed by atoms with van der Waals surface area (Å²) in [5.74, 6) is -0.304. The normalized spacial score (nSPS) is 12.7. The Morgan fingerprint density at radius 2 is 1.19 bits per heavy atom. The summed E-state index contributed by atoms with van der Waals surface area (Å²) in [7, 11) is -4.13. The van der Waals surface area contributed by atoms with Crippen molar-refractivity contribution in [2.45, 2.75) is 116 Å². The van der Waals surface area contributed by atoms with Crippen LogP contribution in [0.5, 0.6) is 0 Å². The van der Waals surface area contributed by atoms with Crippen LogP contribution in [-0.2, 0) is 14.9 Å². The molecular formula is C20H41NaO4S. The van der Waals surface area contributed by atoms with Crippen molar-refractivity contribution in [2.24, 2.45) is 0 Å². The average molecular weight is 401 g/mol. The fourth-order valence-electron chi connectivity index (χ4n) is 3.02. The minimum Gasteiger partial charge on any atom is -0.748 e. The SMILES string of the molecule is CCCCCCCCCCCCCC(CCS(=O)(=O)[O-])OCCCC.[Na+]. The summed E-state index contributed by atoms with van der Waals surface area (Å²) < 4.78 is 38.2. The summed E-state index contributed by atoms with van der Waals surface area (Å²) in [6.45, 7) is 5.02. The predicted octanol–water partition coefficient (Wildman–Crippen LogP) is 2.81. The third-order valence-corrected chi connectivity index (χ3v) is 5.41. The Morgan fingerprint density at radius 3 is 1.65 bits per heavy atom. The first-order valence-corrected chi connectivity index (χ1v) is 12.1. The van der Waals surface area contributed by atoms with E-state index in [9.17, 15) is 13.0 Å². The molecule has 1 atom stereocenters. The first-order chi connectivity index (χ1) is 12.0. The van der Waals surface area contributed by atoms with Crippen molar-refractivity contribution in [3.8, 4) is 0 Å². The van der Waals surface area contributed by atoms with Crippen LogP contribution in [-0.4, -0.2) is 31.4 Å². The van der Waals surface area contributed by atoms with Crippen molar-refractivity contribution in [3.05, 3.63) is 0 Å². The van der Waals surface area contributed by atoms with Crippen LogP contribution in [0, 0.1) is 0 Å². The molecule has 0 rings (SSSR count). The van der Waals surface area contributed by atoms with Gasteiger partial charge in [-0.2, -0.15) is 0 Å². The second-order valence-corrected chi connectivity index (χ2v) is 8.74. The largest absolute Gasteiger partial charge is 1.00 e. The summed E-state index contributed by atoms with van der Waals surface area (Å²) in [4.78, 5) is 0. The van der Waals surface area contributed by atoms with E-state index in [-0.39, 0.29) is 41.4 Å². The van der Waals surface area contributed by atoms with E-state index in [1.165, 1.54) is 64.2 Å². The molecule has 0 N–H and O–H groups in total. The Labute approximate surface area is 185 Å². The van der Waals surface area contributed by atoms with E-state index in [1.54, 1.807) is 0 Å². The Bertz CT molecular complexity index is 374. The van der Waals surface area contributed by atoms with Crippen LogP contribution in [0.3, 0.4) is 0 Å². The van der Waals surface area contributed by atoms with E-state index in [4.69, 9.17) is 4.74 Å². The maximum absolute atomic E-state index is 10.8. The minimum absolute atomic E-state index is 0. The molecule has 0 aromatic rings. The molecule has 0 aliphatic heterocycles. The van der Waals surface area contributed by atoms with E-state index in [0.29, 0.717) is 13.0 Å². The van der Waals surface area contributed by atoms with Gasteiger partial charge in [-0.25, -0.2) is 8.42 Å². The van der Waals surface area contributed by atoms with Crippen molar-refractivity contribution in [2.75, 3.05) is 12.4 Å². The molecule has 4 nitrogen and oxygen atoms in total. The van der Waals surface area contributed by atoms with Crippen molar-refractivity contribution < 1.29 is 47.3 Å². The van der Waals surface area contributed by atoms with E-state index in [2.05, 4.69) is 13.8 Å². The maximum atomic E-state index is 10.8. The third-order valence-electron chi connectivity index (χ3n) is 4.67. The van der Waals surface area contributed by atoms with Gasteiger partial charge in [-0.15, -0.1) is 0 Å². The van der Waals surface area contributed by atoms with Crippen LogP contribution in [0.2, 0.25) is 0 Å². The molecule has 0 aromatic carbocycles. The summed E-state index contributed by atoms with van der Waals surface area (Å²) >= 11 is 0. The van der Waals surface area contributed by atoms with Gasteiger partial charge in [0.05, 0.1) is 16.2 Å². The van der Waals surface area contributed by atoms with E-state index in [0.717, 1.165) is 25.7 Å². The Kier molecular flexibility index (Phi) is 23.0. The number of ether oxygens (including phenoxy) is 1. The van der Waals surface area contributed by atoms with Gasteiger partial charge >= 0.3 is 29.6 Å². The Hall–Kier alpha value is 0.870. The van der Waals surface area contributed by atoms with Gasteiger partial charge in [0.2, 0.25) is 0 Å². The average Bonchev–Trinajstić information content (AvgIpc) is 2.56. The monoisotopic (exact) mass is 400 g/mol. The van der Waals surface area contributed by atoms with Crippen molar-refractivity contribution >= 4 is 10.1 Å². The van der Waals surface area contributed by atoms with Crippen LogP contribution in [0.25, 0.3) is 0 Å². The summed E-state index contributed by atoms with van der Waals surface area (Å²) in [6, 6.07) is 0. The molecule has 0 aromatic heterocycles. The summed E-state index contributed by atoms with van der Waals surface area (Å²) in [5, 5.41) is 0. The standard InChI is InChI=1S/C20H42O4S.Na/c1-3-5-7-8-9-10-11-12-13-14-15-16-20(24-18-6-4-2)17-19-25(21,22)23;/h20H,3-19H2,1-2H3,(H,21,22,23);/q;+1/p-1. The van der Waals surface area contributed by atoms with Crippen LogP contribution >= 0.6 is 0 Å². The molecule has 152 valence electrons. The van der Waals surface area contributed by atoms with Gasteiger partial charge in [0.25, 0.3) is 0 Å². The Balaban J connectivity index is 0. The topological polar surface area (TPSA) is 66.4 Å². The van der Waals surface area contributed by atoms with E-state index in [1.807, 2.05) is 0 Å². The van der Waals surface area contributed by atoms with Gasteiger partial charge in [-0.3, -0.25) is 0 Å². The zero-order valence-electron chi connectivity index (χ0n) is 17.6. The van der Waals surface area contributed by atoms with Gasteiger partial charge in [0.1, 0.15) is 0 Å². The number of hydrogen-bond donors (Lipinski definition) is 0. The molecule has 26 heavy (non-hydrogen) atoms. The first kappa shape index (κ1) is 29.1. The van der Waals surface area contributed by atoms with Gasteiger partial charge in [-0.1, -0.05) is 90.9 Å². The van der Waals surface area contributed by atoms with Crippen molar-refractivity contribution in [3.63, 3.8) is 0 Å². The molecular weight excluding hydrogens is 359 g/mol. The maximum Gasteiger partial charge on any atom is 1.00 e. The third kappa shape index (κ3) is 22.9. The molecule has 0 radical (unpaired) electrons. The predicted molar refractivity (Wildman–Crippen MR) is 105 cm³/mol. The minimum atomic E-state index is -4.13. The molecule has 0 fully saturated rings. The fourth-order valence-corrected chi connectivity index (χ4v) is 3.57. The number of unbranched alkanes of at least 4 members (excludes halogenated alkanes) is 11. The molecule has 6 heteroatoms. The first-order valence-electron chi connectivity index (χ1n) is 10.5. The second kappa shape index (κ2) is 20.6. The quantitative estimate of drug-likeness (QED) is 0.190. The van der Waals surface area contributed by atoms with Gasteiger partial charge in [0, 0.05) is 12.4 Å². The van der Waals surface area contributed by atoms with Gasteiger partial charge in [0.15, 0.2) is 0 Å². The summed E-state index contributed by atoms with van der Waals surface area (Å²) in [6.07, 6.45) is 17.5. The molecule has 1 unspecified atom stereocenters. The van der Waals surface area contributed by atoms with Crippen LogP contribution < -0.4 is 29.6 Å². The number of rotatable bonds is 19. The van der Waals surface area contributed by atoms with E-state index >= 15 is 0 Å². The molecule has 0 bridgehead atoms. The smallest absolute Gasteiger partial charge is 0.748 e. The summed E-state index contributed by atoms with van der Waals surface area (Å²) in [5.41, 5.74) is 0. The van der Waals surface area contributed by atoms with Crippen LogP contribution in [0.1, 0.15) is 110 Å². The van der Waals surface area contributed by atoms with Crippen LogP contribution in [0.15, 0.2) is 0 Å². The molecule has 0 saturated carbocycles. The molecule has 0 amide bonds. The zero-order chi connectivity index (χ0) is 18.8. The number of hydrogen-bond acceptors (Lipinski definition) is 4. The molecule has 0 heterocycles. The van der Waals surface area contributed by atoms with Crippen molar-refractivity contribution in [1.29, 1.82) is 0 Å². The Morgan fingerprint density at radius 1 is 0.731 bits per heavy atom. The van der Waals surface area contributed by atoms with Gasteiger partial charge in [-0.05, 0) is 19.3 Å². The molecule has 0 aliphatic carbocycles. The molecule has 0 saturated heterocycles. The zero-order valence-corrected chi connectivity index (χ0v) is 20.5. The fraction of sp³-hybridized carbons (Fsp3) is 1.00. The van der Waals surface area contributed by atoms with Crippen LogP contribution in [0.4, 0.5) is 0 Å². The van der Waals surface area contributed by atoms with E-state index < -0.39 is 10.1 Å². The second-order valence-electron chi connectivity index (χ2n) is 7.22. The van der Waals surface area contributed by atoms with Crippen molar-refractivity contribution in [1.82, 2.24) is 0 Å². The molecule has 0 aliphatic rings. The van der Waals surface area contributed by atoms with Gasteiger partial charge < -0.3 is 9.29 Å².